The summed E-state index contributed by atoms with van der Waals surface area (Å²) in [6.07, 6.45) is 0. The van der Waals surface area contributed by atoms with E-state index >= 15 is 0 Å². The Morgan fingerprint density at radius 3 is 2.71 bits per heavy atom. The molecule has 2 aromatic carbocycles. The molecule has 2 aromatic heterocycles. The lowest BCUT2D eigenvalue weighted by Crippen LogP contribution is -2.29. The summed E-state index contributed by atoms with van der Waals surface area (Å²) in [7, 11) is 0. The van der Waals surface area contributed by atoms with Crippen LogP contribution in [0.25, 0.3) is 21.5 Å². The summed E-state index contributed by atoms with van der Waals surface area (Å²) in [5.41, 5.74) is 2.63. The Labute approximate surface area is 173 Å². The van der Waals surface area contributed by atoms with Gasteiger partial charge in [0.05, 0.1) is 20.9 Å². The standard InChI is InChI=1S/C20H15BrN4O2S/c1-12-22-17-10-15(6-8-18(17)28-12)23-19(26)11-25-20(27)9-7-16(24-25)13-2-4-14(21)5-3-13/h2-10H,11H2,1H3,(H,23,26). The molecule has 0 saturated heterocycles. The van der Waals surface area contributed by atoms with Gasteiger partial charge in [-0.15, -0.1) is 11.3 Å². The third kappa shape index (κ3) is 4.02. The van der Waals surface area contributed by atoms with Gasteiger partial charge in [0, 0.05) is 21.8 Å². The van der Waals surface area contributed by atoms with Crippen LogP contribution in [0.4, 0.5) is 5.69 Å². The van der Waals surface area contributed by atoms with Crippen LogP contribution in [0.1, 0.15) is 5.01 Å². The van der Waals surface area contributed by atoms with Crippen molar-refractivity contribution in [3.05, 3.63) is 74.4 Å². The molecule has 0 aliphatic rings. The number of carbonyl (C=O) groups excluding carboxylic acids is 1. The third-order valence-electron chi connectivity index (χ3n) is 4.08. The van der Waals surface area contributed by atoms with Crippen LogP contribution in [0.15, 0.2) is 63.9 Å². The number of nitrogens with zero attached hydrogens (tertiary/aromatic N) is 3. The zero-order valence-electron chi connectivity index (χ0n) is 14.8. The van der Waals surface area contributed by atoms with Gasteiger partial charge in [-0.25, -0.2) is 9.67 Å². The number of rotatable bonds is 4. The zero-order valence-corrected chi connectivity index (χ0v) is 17.3. The number of carbonyl (C=O) groups is 1. The Morgan fingerprint density at radius 2 is 1.93 bits per heavy atom. The maximum Gasteiger partial charge on any atom is 0.267 e. The highest BCUT2D eigenvalue weighted by molar-refractivity contribution is 9.10. The first-order valence-electron chi connectivity index (χ1n) is 8.49. The van der Waals surface area contributed by atoms with E-state index in [1.807, 2.05) is 49.4 Å². The number of hydrogen-bond donors (Lipinski definition) is 1. The first kappa shape index (κ1) is 18.5. The fourth-order valence-electron chi connectivity index (χ4n) is 2.79. The topological polar surface area (TPSA) is 76.9 Å². The number of halogens is 1. The molecule has 1 N–H and O–H groups in total. The van der Waals surface area contributed by atoms with E-state index in [1.165, 1.54) is 6.07 Å². The minimum Gasteiger partial charge on any atom is -0.324 e. The number of benzene rings is 2. The van der Waals surface area contributed by atoms with Crippen molar-refractivity contribution in [1.29, 1.82) is 0 Å². The summed E-state index contributed by atoms with van der Waals surface area (Å²) in [6.45, 7) is 1.77. The van der Waals surface area contributed by atoms with Gasteiger partial charge in [-0.2, -0.15) is 5.10 Å². The third-order valence-corrected chi connectivity index (χ3v) is 5.56. The van der Waals surface area contributed by atoms with E-state index in [4.69, 9.17) is 0 Å². The van der Waals surface area contributed by atoms with Gasteiger partial charge in [-0.05, 0) is 43.3 Å². The number of anilines is 1. The molecule has 0 aliphatic heterocycles. The second-order valence-corrected chi connectivity index (χ2v) is 8.34. The minimum absolute atomic E-state index is 0.169. The Balaban J connectivity index is 1.53. The molecule has 2 heterocycles. The summed E-state index contributed by atoms with van der Waals surface area (Å²) < 4.78 is 3.19. The number of nitrogens with one attached hydrogen (secondary N) is 1. The van der Waals surface area contributed by atoms with Crippen LogP contribution in [0.5, 0.6) is 0 Å². The molecule has 0 fully saturated rings. The van der Waals surface area contributed by atoms with Crippen LogP contribution in [0, 0.1) is 6.92 Å². The molecule has 0 aliphatic carbocycles. The molecular formula is C20H15BrN4O2S. The Morgan fingerprint density at radius 1 is 1.14 bits per heavy atom. The summed E-state index contributed by atoms with van der Waals surface area (Å²) in [5, 5.41) is 8.10. The molecule has 6 nitrogen and oxygen atoms in total. The SMILES string of the molecule is Cc1nc2cc(NC(=O)Cn3nc(-c4ccc(Br)cc4)ccc3=O)ccc2s1. The molecule has 4 aromatic rings. The number of amides is 1. The van der Waals surface area contributed by atoms with Crippen molar-refractivity contribution in [2.75, 3.05) is 5.32 Å². The molecule has 0 bridgehead atoms. The maximum atomic E-state index is 12.4. The summed E-state index contributed by atoms with van der Waals surface area (Å²) in [4.78, 5) is 29.0. The molecular weight excluding hydrogens is 440 g/mol. The molecule has 0 atom stereocenters. The van der Waals surface area contributed by atoms with Gasteiger partial charge in [0.15, 0.2) is 0 Å². The summed E-state index contributed by atoms with van der Waals surface area (Å²) in [6, 6.07) is 16.2. The van der Waals surface area contributed by atoms with Crippen molar-refractivity contribution in [3.63, 3.8) is 0 Å². The minimum atomic E-state index is -0.332. The van der Waals surface area contributed by atoms with E-state index < -0.39 is 0 Å². The Hall–Kier alpha value is -2.84. The first-order chi connectivity index (χ1) is 13.5. The molecule has 1 amide bonds. The summed E-state index contributed by atoms with van der Waals surface area (Å²) >= 11 is 4.99. The molecule has 0 saturated carbocycles. The Bertz CT molecular complexity index is 1230. The quantitative estimate of drug-likeness (QED) is 0.500. The molecule has 0 spiro atoms. The fourth-order valence-corrected chi connectivity index (χ4v) is 3.87. The monoisotopic (exact) mass is 454 g/mol. The Kier molecular flexibility index (Phi) is 5.06. The van der Waals surface area contributed by atoms with Gasteiger partial charge in [0.25, 0.3) is 5.56 Å². The number of aryl methyl sites for hydroxylation is 1. The predicted molar refractivity (Wildman–Crippen MR) is 115 cm³/mol. The van der Waals surface area contributed by atoms with Crippen molar-refractivity contribution in [2.24, 2.45) is 0 Å². The van der Waals surface area contributed by atoms with Gasteiger partial charge in [-0.1, -0.05) is 28.1 Å². The lowest BCUT2D eigenvalue weighted by molar-refractivity contribution is -0.117. The fraction of sp³-hybridized carbons (Fsp3) is 0.100. The van der Waals surface area contributed by atoms with Crippen molar-refractivity contribution < 1.29 is 4.79 Å². The lowest BCUT2D eigenvalue weighted by atomic mass is 10.1. The van der Waals surface area contributed by atoms with Crippen molar-refractivity contribution in [1.82, 2.24) is 14.8 Å². The number of hydrogen-bond acceptors (Lipinski definition) is 5. The van der Waals surface area contributed by atoms with Gasteiger partial charge in [0.2, 0.25) is 5.91 Å². The molecule has 0 unspecified atom stereocenters. The van der Waals surface area contributed by atoms with E-state index in [1.54, 1.807) is 17.4 Å². The zero-order chi connectivity index (χ0) is 19.7. The molecule has 140 valence electrons. The highest BCUT2D eigenvalue weighted by Gasteiger charge is 2.10. The average molecular weight is 455 g/mol. The second-order valence-electron chi connectivity index (χ2n) is 6.18. The number of fused-ring (bicyclic) bond motifs is 1. The number of thiazole rings is 1. The highest BCUT2D eigenvalue weighted by Crippen LogP contribution is 2.24. The van der Waals surface area contributed by atoms with Crippen LogP contribution in [-0.2, 0) is 11.3 Å². The van der Waals surface area contributed by atoms with Crippen LogP contribution in [0.3, 0.4) is 0 Å². The van der Waals surface area contributed by atoms with Crippen molar-refractivity contribution >= 4 is 49.1 Å². The van der Waals surface area contributed by atoms with Crippen LogP contribution >= 0.6 is 27.3 Å². The van der Waals surface area contributed by atoms with E-state index in [0.717, 1.165) is 29.9 Å². The smallest absolute Gasteiger partial charge is 0.267 e. The van der Waals surface area contributed by atoms with E-state index in [-0.39, 0.29) is 18.0 Å². The largest absolute Gasteiger partial charge is 0.324 e. The van der Waals surface area contributed by atoms with Gasteiger partial charge >= 0.3 is 0 Å². The summed E-state index contributed by atoms with van der Waals surface area (Å²) in [5.74, 6) is -0.325. The molecule has 8 heteroatoms. The van der Waals surface area contributed by atoms with Crippen LogP contribution < -0.4 is 10.9 Å². The second kappa shape index (κ2) is 7.65. The maximum absolute atomic E-state index is 12.4. The van der Waals surface area contributed by atoms with E-state index in [0.29, 0.717) is 11.4 Å². The average Bonchev–Trinajstić information content (AvgIpc) is 3.03. The van der Waals surface area contributed by atoms with Crippen molar-refractivity contribution in [2.45, 2.75) is 13.5 Å². The normalized spacial score (nSPS) is 10.9. The molecule has 4 rings (SSSR count). The van der Waals surface area contributed by atoms with Crippen LogP contribution in [-0.4, -0.2) is 20.7 Å². The highest BCUT2D eigenvalue weighted by atomic mass is 79.9. The van der Waals surface area contributed by atoms with Gasteiger partial charge in [0.1, 0.15) is 6.54 Å². The van der Waals surface area contributed by atoms with Gasteiger partial charge < -0.3 is 5.32 Å². The van der Waals surface area contributed by atoms with E-state index in [2.05, 4.69) is 31.3 Å². The lowest BCUT2D eigenvalue weighted by Gasteiger charge is -2.08. The van der Waals surface area contributed by atoms with Crippen molar-refractivity contribution in [3.8, 4) is 11.3 Å². The van der Waals surface area contributed by atoms with Crippen LogP contribution in [0.2, 0.25) is 0 Å². The predicted octanol–water partition coefficient (Wildman–Crippen LogP) is 4.23. The molecule has 28 heavy (non-hydrogen) atoms. The molecule has 0 radical (unpaired) electrons. The number of aromatic nitrogens is 3. The van der Waals surface area contributed by atoms with E-state index in [9.17, 15) is 9.59 Å². The van der Waals surface area contributed by atoms with Gasteiger partial charge in [-0.3, -0.25) is 9.59 Å². The first-order valence-corrected chi connectivity index (χ1v) is 10.1.